The molecule has 8 nitrogen and oxygen atoms in total. The highest BCUT2D eigenvalue weighted by molar-refractivity contribution is 7.89. The molecule has 3 rings (SSSR count). The highest BCUT2D eigenvalue weighted by Crippen LogP contribution is 2.24. The molecule has 0 spiro atoms. The summed E-state index contributed by atoms with van der Waals surface area (Å²) in [5.74, 6) is -0.287. The zero-order chi connectivity index (χ0) is 20.5. The molecule has 1 aliphatic rings. The first-order valence-corrected chi connectivity index (χ1v) is 10.9. The second-order valence-electron chi connectivity index (χ2n) is 6.21. The van der Waals surface area contributed by atoms with E-state index in [9.17, 15) is 18.0 Å². The summed E-state index contributed by atoms with van der Waals surface area (Å²) in [6.45, 7) is 0.397. The van der Waals surface area contributed by atoms with Gasteiger partial charge in [-0.3, -0.25) is 9.69 Å². The van der Waals surface area contributed by atoms with Gasteiger partial charge in [-0.05, 0) is 36.4 Å². The molecule has 0 radical (unpaired) electrons. The molecule has 0 unspecified atom stereocenters. The molecule has 1 saturated heterocycles. The third-order valence-electron chi connectivity index (χ3n) is 4.09. The van der Waals surface area contributed by atoms with E-state index in [0.717, 1.165) is 15.6 Å². The van der Waals surface area contributed by atoms with Crippen LogP contribution in [0.4, 0.5) is 10.5 Å². The number of thiophene rings is 1. The van der Waals surface area contributed by atoms with Crippen LogP contribution in [-0.2, 0) is 14.8 Å². The fourth-order valence-electron chi connectivity index (χ4n) is 2.58. The van der Waals surface area contributed by atoms with Crippen LogP contribution < -0.4 is 10.2 Å². The van der Waals surface area contributed by atoms with Crippen LogP contribution in [0.25, 0.3) is 0 Å². The summed E-state index contributed by atoms with van der Waals surface area (Å²) in [5.41, 5.74) is 0.515. The van der Waals surface area contributed by atoms with Crippen LogP contribution >= 0.6 is 22.9 Å². The van der Waals surface area contributed by atoms with Crippen LogP contribution in [0.5, 0.6) is 0 Å². The molecule has 2 aromatic rings. The van der Waals surface area contributed by atoms with E-state index in [4.69, 9.17) is 16.3 Å². The molecule has 0 aliphatic carbocycles. The Labute approximate surface area is 171 Å². The lowest BCUT2D eigenvalue weighted by molar-refractivity contribution is 0.0920. The summed E-state index contributed by atoms with van der Waals surface area (Å²) in [7, 11) is -0.644. The van der Waals surface area contributed by atoms with Gasteiger partial charge in [0.1, 0.15) is 6.10 Å². The van der Waals surface area contributed by atoms with Gasteiger partial charge < -0.3 is 10.1 Å². The zero-order valence-corrected chi connectivity index (χ0v) is 17.5. The van der Waals surface area contributed by atoms with E-state index in [1.165, 1.54) is 31.1 Å². The molecule has 2 heterocycles. The molecule has 28 heavy (non-hydrogen) atoms. The second kappa shape index (κ2) is 8.08. The van der Waals surface area contributed by atoms with Gasteiger partial charge in [-0.1, -0.05) is 11.6 Å². The van der Waals surface area contributed by atoms with Gasteiger partial charge in [-0.15, -0.1) is 11.3 Å². The Hall–Kier alpha value is -2.14. The van der Waals surface area contributed by atoms with Gasteiger partial charge >= 0.3 is 6.09 Å². The molecular formula is C17H18ClN3O5S2. The maximum atomic E-state index is 12.1. The third kappa shape index (κ3) is 4.30. The number of nitrogens with zero attached hydrogens (tertiary/aromatic N) is 2. The first-order chi connectivity index (χ1) is 13.2. The number of rotatable bonds is 6. The monoisotopic (exact) mass is 443 g/mol. The average molecular weight is 444 g/mol. The van der Waals surface area contributed by atoms with Gasteiger partial charge in [0, 0.05) is 19.8 Å². The van der Waals surface area contributed by atoms with E-state index >= 15 is 0 Å². The minimum absolute atomic E-state index is 0.132. The van der Waals surface area contributed by atoms with E-state index in [2.05, 4.69) is 5.32 Å². The van der Waals surface area contributed by atoms with E-state index < -0.39 is 22.2 Å². The lowest BCUT2D eigenvalue weighted by Gasteiger charge is -2.15. The molecule has 1 fully saturated rings. The Morgan fingerprint density at radius 2 is 1.96 bits per heavy atom. The molecule has 2 amide bonds. The van der Waals surface area contributed by atoms with Gasteiger partial charge in [0.25, 0.3) is 5.91 Å². The summed E-state index contributed by atoms with van der Waals surface area (Å²) in [4.78, 5) is 26.2. The van der Waals surface area contributed by atoms with Crippen molar-refractivity contribution in [2.45, 2.75) is 11.0 Å². The molecule has 1 aromatic carbocycles. The van der Waals surface area contributed by atoms with E-state index in [-0.39, 0.29) is 23.9 Å². The van der Waals surface area contributed by atoms with Crippen molar-refractivity contribution in [3.05, 3.63) is 45.6 Å². The summed E-state index contributed by atoms with van der Waals surface area (Å²) in [5, 5.41) is 2.71. The van der Waals surface area contributed by atoms with Crippen molar-refractivity contribution in [2.24, 2.45) is 0 Å². The van der Waals surface area contributed by atoms with E-state index in [0.29, 0.717) is 14.9 Å². The number of benzene rings is 1. The first-order valence-electron chi connectivity index (χ1n) is 8.23. The van der Waals surface area contributed by atoms with Crippen molar-refractivity contribution in [1.29, 1.82) is 0 Å². The Morgan fingerprint density at radius 3 is 2.54 bits per heavy atom. The van der Waals surface area contributed by atoms with Crippen molar-refractivity contribution in [1.82, 2.24) is 9.62 Å². The molecule has 11 heteroatoms. The normalized spacial score (nSPS) is 17.1. The number of carbonyl (C=O) groups is 2. The summed E-state index contributed by atoms with van der Waals surface area (Å²) in [6, 6.07) is 9.23. The number of cyclic esters (lactones) is 1. The highest BCUT2D eigenvalue weighted by Gasteiger charge is 2.33. The third-order valence-corrected chi connectivity index (χ3v) is 7.15. The lowest BCUT2D eigenvalue weighted by Crippen LogP contribution is -2.34. The lowest BCUT2D eigenvalue weighted by atomic mass is 10.2. The van der Waals surface area contributed by atoms with Crippen molar-refractivity contribution in [3.63, 3.8) is 0 Å². The van der Waals surface area contributed by atoms with Crippen molar-refractivity contribution >= 4 is 50.6 Å². The highest BCUT2D eigenvalue weighted by atomic mass is 35.5. The van der Waals surface area contributed by atoms with Crippen molar-refractivity contribution in [2.75, 3.05) is 32.1 Å². The summed E-state index contributed by atoms with van der Waals surface area (Å²) < 4.78 is 31.2. The molecule has 1 N–H and O–H groups in total. The number of hydrogen-bond acceptors (Lipinski definition) is 6. The van der Waals surface area contributed by atoms with Crippen LogP contribution in [0, 0.1) is 0 Å². The molecule has 0 saturated carbocycles. The largest absolute Gasteiger partial charge is 0.442 e. The smallest absolute Gasteiger partial charge is 0.414 e. The van der Waals surface area contributed by atoms with E-state index in [1.54, 1.807) is 24.3 Å². The van der Waals surface area contributed by atoms with Crippen LogP contribution in [0.15, 0.2) is 41.3 Å². The number of anilines is 1. The van der Waals surface area contributed by atoms with Gasteiger partial charge in [0.05, 0.1) is 27.2 Å². The fraction of sp³-hybridized carbons (Fsp3) is 0.294. The predicted octanol–water partition coefficient (Wildman–Crippen LogP) is 2.41. The Kier molecular flexibility index (Phi) is 5.94. The molecule has 150 valence electrons. The Balaban J connectivity index is 1.62. The van der Waals surface area contributed by atoms with Gasteiger partial charge in [-0.25, -0.2) is 17.5 Å². The first kappa shape index (κ1) is 20.6. The molecule has 1 aromatic heterocycles. The van der Waals surface area contributed by atoms with Crippen LogP contribution in [0.1, 0.15) is 9.67 Å². The van der Waals surface area contributed by atoms with Gasteiger partial charge in [-0.2, -0.15) is 0 Å². The molecule has 1 aliphatic heterocycles. The minimum Gasteiger partial charge on any atom is -0.442 e. The van der Waals surface area contributed by atoms with Crippen molar-refractivity contribution < 1.29 is 22.7 Å². The number of sulfonamides is 1. The molecular weight excluding hydrogens is 426 g/mol. The number of halogens is 1. The van der Waals surface area contributed by atoms with Crippen molar-refractivity contribution in [3.8, 4) is 0 Å². The summed E-state index contributed by atoms with van der Waals surface area (Å²) >= 11 is 6.98. The number of hydrogen-bond donors (Lipinski definition) is 1. The Bertz CT molecular complexity index is 988. The number of amides is 2. The van der Waals surface area contributed by atoms with Gasteiger partial charge in [0.15, 0.2) is 0 Å². The molecule has 0 bridgehead atoms. The predicted molar refractivity (Wildman–Crippen MR) is 107 cm³/mol. The molecule has 1 atom stereocenters. The number of nitrogens with one attached hydrogen (secondary N) is 1. The van der Waals surface area contributed by atoms with E-state index in [1.807, 2.05) is 0 Å². The second-order valence-corrected chi connectivity index (χ2v) is 10.1. The number of ether oxygens (including phenoxy) is 1. The SMILES string of the molecule is CN(C)S(=O)(=O)c1ccc(N2C[C@H](CNC(=O)c3ccc(Cl)s3)OC2=O)cc1. The van der Waals surface area contributed by atoms with Crippen LogP contribution in [0.3, 0.4) is 0 Å². The fourth-order valence-corrected chi connectivity index (χ4v) is 4.44. The van der Waals surface area contributed by atoms with Gasteiger partial charge in [0.2, 0.25) is 10.0 Å². The maximum Gasteiger partial charge on any atom is 0.414 e. The minimum atomic E-state index is -3.54. The maximum absolute atomic E-state index is 12.1. The van der Waals surface area contributed by atoms with Crippen LogP contribution in [0.2, 0.25) is 4.34 Å². The zero-order valence-electron chi connectivity index (χ0n) is 15.1. The number of carbonyl (C=O) groups excluding carboxylic acids is 2. The van der Waals surface area contributed by atoms with Crippen LogP contribution in [-0.4, -0.2) is 58.0 Å². The standard InChI is InChI=1S/C17H18ClN3O5S2/c1-20(2)28(24,25)13-5-3-11(4-6-13)21-10-12(26-17(21)23)9-19-16(22)14-7-8-15(18)27-14/h3-8,12H,9-10H2,1-2H3,(H,19,22)/t12-/m0/s1. The average Bonchev–Trinajstić information content (AvgIpc) is 3.25. The Morgan fingerprint density at radius 1 is 1.29 bits per heavy atom. The quantitative estimate of drug-likeness (QED) is 0.739. The topological polar surface area (TPSA) is 96.0 Å². The summed E-state index contributed by atoms with van der Waals surface area (Å²) in [6.07, 6.45) is -1.07.